The summed E-state index contributed by atoms with van der Waals surface area (Å²) in [5, 5.41) is 3.22. The van der Waals surface area contributed by atoms with Gasteiger partial charge in [0.2, 0.25) is 5.91 Å². The number of likely N-dealkylation sites (N-methyl/N-ethyl adjacent to an activating group) is 1. The molecule has 1 saturated heterocycles. The van der Waals surface area contributed by atoms with Crippen LogP contribution >= 0.6 is 0 Å². The van der Waals surface area contributed by atoms with E-state index < -0.39 is 5.54 Å². The van der Waals surface area contributed by atoms with E-state index in [9.17, 15) is 4.79 Å². The van der Waals surface area contributed by atoms with Crippen LogP contribution in [0.25, 0.3) is 0 Å². The monoisotopic (exact) mass is 271 g/mol. The number of carbonyl (C=O) groups excluding carboxylic acids is 1. The van der Waals surface area contributed by atoms with Gasteiger partial charge >= 0.3 is 0 Å². The van der Waals surface area contributed by atoms with E-state index in [4.69, 9.17) is 10.5 Å². The normalized spacial score (nSPS) is 29.7. The highest BCUT2D eigenvalue weighted by atomic mass is 16.5. The molecule has 3 N–H and O–H groups in total. The van der Waals surface area contributed by atoms with Crippen LogP contribution in [-0.2, 0) is 9.53 Å². The second kappa shape index (κ2) is 6.68. The van der Waals surface area contributed by atoms with Crippen molar-refractivity contribution in [3.05, 3.63) is 0 Å². The largest absolute Gasteiger partial charge is 0.373 e. The molecule has 1 aliphatic heterocycles. The molecule has 1 heterocycles. The topological polar surface area (TPSA) is 67.6 Å². The van der Waals surface area contributed by atoms with Gasteiger partial charge in [-0.1, -0.05) is 6.92 Å². The number of rotatable bonds is 6. The second-order valence-electron chi connectivity index (χ2n) is 5.99. The van der Waals surface area contributed by atoms with Crippen molar-refractivity contribution in [3.8, 4) is 0 Å². The number of carbonyl (C=O) groups is 1. The van der Waals surface area contributed by atoms with Crippen LogP contribution < -0.4 is 11.1 Å². The van der Waals surface area contributed by atoms with Crippen molar-refractivity contribution < 1.29 is 9.53 Å². The maximum atomic E-state index is 11.7. The predicted octanol–water partition coefficient (Wildman–Crippen LogP) is 0.728. The third-order valence-corrected chi connectivity index (χ3v) is 3.89. The van der Waals surface area contributed by atoms with E-state index in [0.717, 1.165) is 26.1 Å². The van der Waals surface area contributed by atoms with E-state index in [1.54, 1.807) is 0 Å². The molecule has 0 bridgehead atoms. The fourth-order valence-electron chi connectivity index (χ4n) is 2.95. The maximum Gasteiger partial charge on any atom is 0.237 e. The van der Waals surface area contributed by atoms with Crippen LogP contribution in [0.2, 0.25) is 0 Å². The molecular weight excluding hydrogens is 242 g/mol. The van der Waals surface area contributed by atoms with Gasteiger partial charge in [-0.3, -0.25) is 9.69 Å². The second-order valence-corrected chi connectivity index (χ2v) is 5.99. The van der Waals surface area contributed by atoms with E-state index in [0.29, 0.717) is 6.04 Å². The van der Waals surface area contributed by atoms with Gasteiger partial charge in [-0.15, -0.1) is 0 Å². The number of primary amides is 1. The molecule has 112 valence electrons. The Morgan fingerprint density at radius 2 is 2.00 bits per heavy atom. The van der Waals surface area contributed by atoms with Crippen molar-refractivity contribution in [1.82, 2.24) is 10.2 Å². The average molecular weight is 271 g/mol. The number of amides is 1. The lowest BCUT2D eigenvalue weighted by Gasteiger charge is -2.41. The summed E-state index contributed by atoms with van der Waals surface area (Å²) in [6.07, 6.45) is 1.20. The summed E-state index contributed by atoms with van der Waals surface area (Å²) in [7, 11) is 0. The van der Waals surface area contributed by atoms with Gasteiger partial charge in [-0.25, -0.2) is 0 Å². The SMILES string of the molecule is CCNC(C)(CC(C)N1C[C@@H](C)O[C@@H](C)C1)C(N)=O. The minimum absolute atomic E-state index is 0.241. The molecule has 1 amide bonds. The Morgan fingerprint density at radius 3 is 2.42 bits per heavy atom. The van der Waals surface area contributed by atoms with Crippen molar-refractivity contribution in [2.24, 2.45) is 5.73 Å². The highest BCUT2D eigenvalue weighted by Gasteiger charge is 2.35. The number of morpholine rings is 1. The molecule has 19 heavy (non-hydrogen) atoms. The molecule has 0 aromatic heterocycles. The Balaban J connectivity index is 2.66. The van der Waals surface area contributed by atoms with Gasteiger partial charge in [-0.2, -0.15) is 0 Å². The van der Waals surface area contributed by atoms with Crippen LogP contribution in [0.15, 0.2) is 0 Å². The molecule has 2 unspecified atom stereocenters. The molecule has 0 saturated carbocycles. The van der Waals surface area contributed by atoms with E-state index in [-0.39, 0.29) is 18.1 Å². The summed E-state index contributed by atoms with van der Waals surface area (Å²) in [6.45, 7) is 12.8. The quantitative estimate of drug-likeness (QED) is 0.747. The fraction of sp³-hybridized carbons (Fsp3) is 0.929. The molecule has 0 aromatic rings. The molecule has 1 aliphatic rings. The highest BCUT2D eigenvalue weighted by molar-refractivity contribution is 5.84. The van der Waals surface area contributed by atoms with Crippen LogP contribution in [0.3, 0.4) is 0 Å². The zero-order valence-electron chi connectivity index (χ0n) is 12.9. The minimum atomic E-state index is -0.640. The number of hydrogen-bond acceptors (Lipinski definition) is 4. The van der Waals surface area contributed by atoms with E-state index in [2.05, 4.69) is 31.0 Å². The molecule has 0 aliphatic carbocycles. The van der Waals surface area contributed by atoms with E-state index in [1.165, 1.54) is 0 Å². The van der Waals surface area contributed by atoms with Crippen LogP contribution in [0, 0.1) is 0 Å². The van der Waals surface area contributed by atoms with Crippen LogP contribution in [-0.4, -0.2) is 54.2 Å². The van der Waals surface area contributed by atoms with Crippen LogP contribution in [0.1, 0.15) is 41.0 Å². The van der Waals surface area contributed by atoms with Crippen molar-refractivity contribution >= 4 is 5.91 Å². The first-order valence-electron chi connectivity index (χ1n) is 7.23. The van der Waals surface area contributed by atoms with Gasteiger partial charge in [0.15, 0.2) is 0 Å². The molecule has 4 atom stereocenters. The number of hydrogen-bond donors (Lipinski definition) is 2. The first-order chi connectivity index (χ1) is 8.78. The molecule has 0 aromatic carbocycles. The Morgan fingerprint density at radius 1 is 1.47 bits per heavy atom. The van der Waals surface area contributed by atoms with Gasteiger partial charge in [0.05, 0.1) is 17.7 Å². The molecule has 1 fully saturated rings. The Labute approximate surface area is 116 Å². The zero-order valence-corrected chi connectivity index (χ0v) is 12.9. The third kappa shape index (κ3) is 4.44. The van der Waals surface area contributed by atoms with Gasteiger partial charge in [0.1, 0.15) is 0 Å². The first-order valence-corrected chi connectivity index (χ1v) is 7.23. The molecular formula is C14H29N3O2. The number of nitrogens with two attached hydrogens (primary N) is 1. The molecule has 1 rings (SSSR count). The van der Waals surface area contributed by atoms with Crippen LogP contribution in [0.5, 0.6) is 0 Å². The summed E-state index contributed by atoms with van der Waals surface area (Å²) in [5.41, 5.74) is 4.90. The van der Waals surface area contributed by atoms with Crippen molar-refractivity contribution in [1.29, 1.82) is 0 Å². The predicted molar refractivity (Wildman–Crippen MR) is 76.9 cm³/mol. The third-order valence-electron chi connectivity index (χ3n) is 3.89. The highest BCUT2D eigenvalue weighted by Crippen LogP contribution is 2.20. The minimum Gasteiger partial charge on any atom is -0.373 e. The lowest BCUT2D eigenvalue weighted by atomic mass is 9.91. The lowest BCUT2D eigenvalue weighted by Crippen LogP contribution is -2.58. The number of nitrogens with one attached hydrogen (secondary N) is 1. The lowest BCUT2D eigenvalue weighted by molar-refractivity contribution is -0.125. The van der Waals surface area contributed by atoms with E-state index in [1.807, 2.05) is 13.8 Å². The van der Waals surface area contributed by atoms with Crippen molar-refractivity contribution in [2.75, 3.05) is 19.6 Å². The summed E-state index contributed by atoms with van der Waals surface area (Å²) >= 11 is 0. The van der Waals surface area contributed by atoms with Gasteiger partial charge in [0, 0.05) is 19.1 Å². The first kappa shape index (κ1) is 16.4. The van der Waals surface area contributed by atoms with Gasteiger partial charge in [0.25, 0.3) is 0 Å². The summed E-state index contributed by atoms with van der Waals surface area (Å²) in [4.78, 5) is 14.1. The Kier molecular flexibility index (Phi) is 5.77. The zero-order chi connectivity index (χ0) is 14.6. The fourth-order valence-corrected chi connectivity index (χ4v) is 2.95. The Hall–Kier alpha value is -0.650. The summed E-state index contributed by atoms with van der Waals surface area (Å²) < 4.78 is 5.74. The van der Waals surface area contributed by atoms with Gasteiger partial charge in [-0.05, 0) is 40.7 Å². The van der Waals surface area contributed by atoms with E-state index >= 15 is 0 Å². The molecule has 5 heteroatoms. The number of ether oxygens (including phenoxy) is 1. The standard InChI is InChI=1S/C14H29N3O2/c1-6-16-14(5,13(15)18)7-10(2)17-8-11(3)19-12(4)9-17/h10-12,16H,6-9H2,1-5H3,(H2,15,18)/t10?,11-,12+,14?. The molecule has 5 nitrogen and oxygen atoms in total. The average Bonchev–Trinajstić information content (AvgIpc) is 2.27. The summed E-state index contributed by atoms with van der Waals surface area (Å²) in [6, 6.07) is 0.297. The van der Waals surface area contributed by atoms with Crippen molar-refractivity contribution in [3.63, 3.8) is 0 Å². The molecule has 0 spiro atoms. The van der Waals surface area contributed by atoms with Gasteiger partial charge < -0.3 is 15.8 Å². The van der Waals surface area contributed by atoms with Crippen molar-refractivity contribution in [2.45, 2.75) is 64.8 Å². The summed E-state index contributed by atoms with van der Waals surface area (Å²) in [5.74, 6) is -0.282. The smallest absolute Gasteiger partial charge is 0.237 e. The number of nitrogens with zero attached hydrogens (tertiary/aromatic N) is 1. The maximum absolute atomic E-state index is 11.7. The molecule has 0 radical (unpaired) electrons. The van der Waals surface area contributed by atoms with Crippen LogP contribution in [0.4, 0.5) is 0 Å². The Bertz CT molecular complexity index is 301.